The summed E-state index contributed by atoms with van der Waals surface area (Å²) in [7, 11) is 0. The maximum atomic E-state index is 4.34. The molecule has 3 heteroatoms. The van der Waals surface area contributed by atoms with Crippen LogP contribution in [0, 0.1) is 12.8 Å². The van der Waals surface area contributed by atoms with Crippen LogP contribution in [0.5, 0.6) is 0 Å². The van der Waals surface area contributed by atoms with Crippen LogP contribution in [0.15, 0.2) is 36.7 Å². The zero-order chi connectivity index (χ0) is 14.5. The number of nitrogens with zero attached hydrogens (tertiary/aromatic N) is 2. The quantitative estimate of drug-likeness (QED) is 0.910. The van der Waals surface area contributed by atoms with Crippen molar-refractivity contribution in [1.29, 1.82) is 0 Å². The van der Waals surface area contributed by atoms with Crippen molar-refractivity contribution in [2.24, 2.45) is 5.92 Å². The van der Waals surface area contributed by atoms with E-state index in [0.29, 0.717) is 0 Å². The van der Waals surface area contributed by atoms with Crippen LogP contribution in [0.25, 0.3) is 0 Å². The Hall–Kier alpha value is -1.61. The summed E-state index contributed by atoms with van der Waals surface area (Å²) in [6.45, 7) is 5.61. The maximum Gasteiger partial charge on any atom is 0.120 e. The smallest absolute Gasteiger partial charge is 0.120 e. The molecule has 1 aromatic heterocycles. The Bertz CT molecular complexity index is 547. The molecule has 3 rings (SSSR count). The van der Waals surface area contributed by atoms with Crippen molar-refractivity contribution in [3.8, 4) is 0 Å². The maximum absolute atomic E-state index is 4.34. The summed E-state index contributed by atoms with van der Waals surface area (Å²) in [5.74, 6) is 1.92. The van der Waals surface area contributed by atoms with E-state index in [1.54, 1.807) is 0 Å². The summed E-state index contributed by atoms with van der Waals surface area (Å²) >= 11 is 0. The largest absolute Gasteiger partial charge is 0.348 e. The van der Waals surface area contributed by atoms with Crippen LogP contribution in [0.1, 0.15) is 36.2 Å². The minimum Gasteiger partial charge on any atom is -0.348 e. The van der Waals surface area contributed by atoms with Crippen molar-refractivity contribution in [2.45, 2.75) is 39.2 Å². The molecule has 1 N–H and O–H groups in total. The van der Waals surface area contributed by atoms with Gasteiger partial charge in [0.05, 0.1) is 6.54 Å². The number of H-pyrrole nitrogens is 1. The molecule has 0 bridgehead atoms. The number of imidazole rings is 1. The number of aryl methyl sites for hydroxylation is 2. The lowest BCUT2D eigenvalue weighted by molar-refractivity contribution is 0.159. The summed E-state index contributed by atoms with van der Waals surface area (Å²) in [4.78, 5) is 10.1. The van der Waals surface area contributed by atoms with E-state index < -0.39 is 0 Å². The first kappa shape index (κ1) is 14.3. The predicted molar refractivity (Wildman–Crippen MR) is 86.1 cm³/mol. The third kappa shape index (κ3) is 3.94. The van der Waals surface area contributed by atoms with Crippen LogP contribution in [0.4, 0.5) is 0 Å². The average Bonchev–Trinajstić information content (AvgIpc) is 3.00. The topological polar surface area (TPSA) is 31.9 Å². The average molecular weight is 283 g/mol. The second-order valence-electron chi connectivity index (χ2n) is 6.24. The first-order valence-electron chi connectivity index (χ1n) is 8.06. The SMILES string of the molecule is Cc1ccccc1CC[C@@H]1CCCN(Cc2ncc[nH]2)C1. The van der Waals surface area contributed by atoms with E-state index in [1.807, 2.05) is 12.4 Å². The molecular weight excluding hydrogens is 258 g/mol. The highest BCUT2D eigenvalue weighted by Gasteiger charge is 2.20. The van der Waals surface area contributed by atoms with Crippen LogP contribution in [0.3, 0.4) is 0 Å². The monoisotopic (exact) mass is 283 g/mol. The van der Waals surface area contributed by atoms with Crippen LogP contribution in [-0.4, -0.2) is 28.0 Å². The Kier molecular flexibility index (Phi) is 4.71. The molecule has 1 atom stereocenters. The molecule has 0 aliphatic carbocycles. The second-order valence-corrected chi connectivity index (χ2v) is 6.24. The molecule has 1 fully saturated rings. The molecule has 2 aromatic rings. The molecule has 3 nitrogen and oxygen atoms in total. The molecular formula is C18H25N3. The standard InChI is InChI=1S/C18H25N3/c1-15-5-2-3-7-17(15)9-8-16-6-4-12-21(13-16)14-18-19-10-11-20-18/h2-3,5,7,10-11,16H,4,6,8-9,12-14H2,1H3,(H,19,20)/t16-/m0/s1. The van der Waals surface area contributed by atoms with Crippen LogP contribution >= 0.6 is 0 Å². The van der Waals surface area contributed by atoms with Gasteiger partial charge in [-0.3, -0.25) is 4.90 Å². The first-order chi connectivity index (χ1) is 10.3. The number of hydrogen-bond donors (Lipinski definition) is 1. The fourth-order valence-electron chi connectivity index (χ4n) is 3.38. The predicted octanol–water partition coefficient (Wildman–Crippen LogP) is 3.56. The van der Waals surface area contributed by atoms with E-state index in [0.717, 1.165) is 18.3 Å². The lowest BCUT2D eigenvalue weighted by Gasteiger charge is -2.32. The lowest BCUT2D eigenvalue weighted by Crippen LogP contribution is -2.35. The highest BCUT2D eigenvalue weighted by molar-refractivity contribution is 5.25. The van der Waals surface area contributed by atoms with Gasteiger partial charge < -0.3 is 4.98 Å². The third-order valence-corrected chi connectivity index (χ3v) is 4.61. The zero-order valence-electron chi connectivity index (χ0n) is 12.9. The molecule has 0 amide bonds. The van der Waals surface area contributed by atoms with Crippen molar-refractivity contribution in [3.05, 3.63) is 53.6 Å². The number of aromatic nitrogens is 2. The summed E-state index contributed by atoms with van der Waals surface area (Å²) in [5, 5.41) is 0. The molecule has 0 radical (unpaired) electrons. The minimum absolute atomic E-state index is 0.827. The molecule has 112 valence electrons. The fraction of sp³-hybridized carbons (Fsp3) is 0.500. The number of benzene rings is 1. The van der Waals surface area contributed by atoms with E-state index in [4.69, 9.17) is 0 Å². The van der Waals surface area contributed by atoms with Gasteiger partial charge in [-0.25, -0.2) is 4.98 Å². The number of rotatable bonds is 5. The number of aromatic amines is 1. The van der Waals surface area contributed by atoms with Gasteiger partial charge in [-0.1, -0.05) is 24.3 Å². The van der Waals surface area contributed by atoms with Gasteiger partial charge >= 0.3 is 0 Å². The van der Waals surface area contributed by atoms with Crippen molar-refractivity contribution < 1.29 is 0 Å². The van der Waals surface area contributed by atoms with E-state index in [9.17, 15) is 0 Å². The first-order valence-corrected chi connectivity index (χ1v) is 8.06. The van der Waals surface area contributed by atoms with Gasteiger partial charge in [0, 0.05) is 18.9 Å². The lowest BCUT2D eigenvalue weighted by atomic mass is 9.90. The molecule has 0 spiro atoms. The molecule has 21 heavy (non-hydrogen) atoms. The third-order valence-electron chi connectivity index (χ3n) is 4.61. The Labute approximate surface area is 127 Å². The van der Waals surface area contributed by atoms with E-state index >= 15 is 0 Å². The number of nitrogens with one attached hydrogen (secondary N) is 1. The van der Waals surface area contributed by atoms with Gasteiger partial charge in [0.25, 0.3) is 0 Å². The number of hydrogen-bond acceptors (Lipinski definition) is 2. The van der Waals surface area contributed by atoms with E-state index in [-0.39, 0.29) is 0 Å². The Morgan fingerprint density at radius 2 is 2.24 bits per heavy atom. The molecule has 1 saturated heterocycles. The molecule has 1 aromatic carbocycles. The summed E-state index contributed by atoms with van der Waals surface area (Å²) in [5.41, 5.74) is 2.95. The van der Waals surface area contributed by atoms with Crippen molar-refractivity contribution in [3.63, 3.8) is 0 Å². The Balaban J connectivity index is 1.51. The summed E-state index contributed by atoms with van der Waals surface area (Å²) in [6, 6.07) is 8.79. The molecule has 1 aliphatic heterocycles. The van der Waals surface area contributed by atoms with Crippen LogP contribution in [-0.2, 0) is 13.0 Å². The van der Waals surface area contributed by atoms with Gasteiger partial charge in [-0.05, 0) is 56.2 Å². The van der Waals surface area contributed by atoms with Gasteiger partial charge in [0.1, 0.15) is 5.82 Å². The fourth-order valence-corrected chi connectivity index (χ4v) is 3.38. The van der Waals surface area contributed by atoms with Gasteiger partial charge in [-0.2, -0.15) is 0 Å². The molecule has 1 aliphatic rings. The van der Waals surface area contributed by atoms with Crippen molar-refractivity contribution in [2.75, 3.05) is 13.1 Å². The molecule has 0 unspecified atom stereocenters. The molecule has 2 heterocycles. The van der Waals surface area contributed by atoms with E-state index in [1.165, 1.54) is 49.9 Å². The van der Waals surface area contributed by atoms with Gasteiger partial charge in [0.15, 0.2) is 0 Å². The highest BCUT2D eigenvalue weighted by Crippen LogP contribution is 2.23. The van der Waals surface area contributed by atoms with Crippen molar-refractivity contribution >= 4 is 0 Å². The van der Waals surface area contributed by atoms with E-state index in [2.05, 4.69) is 46.1 Å². The van der Waals surface area contributed by atoms with Crippen LogP contribution in [0.2, 0.25) is 0 Å². The van der Waals surface area contributed by atoms with Gasteiger partial charge in [0.2, 0.25) is 0 Å². The zero-order valence-corrected chi connectivity index (χ0v) is 12.9. The summed E-state index contributed by atoms with van der Waals surface area (Å²) in [6.07, 6.45) is 8.97. The van der Waals surface area contributed by atoms with Crippen LogP contribution < -0.4 is 0 Å². The van der Waals surface area contributed by atoms with Crippen molar-refractivity contribution in [1.82, 2.24) is 14.9 Å². The highest BCUT2D eigenvalue weighted by atomic mass is 15.2. The second kappa shape index (κ2) is 6.90. The normalized spacial score (nSPS) is 19.8. The van der Waals surface area contributed by atoms with Gasteiger partial charge in [-0.15, -0.1) is 0 Å². The summed E-state index contributed by atoms with van der Waals surface area (Å²) < 4.78 is 0. The number of likely N-dealkylation sites (tertiary alicyclic amines) is 1. The Morgan fingerprint density at radius 1 is 1.33 bits per heavy atom. The minimum atomic E-state index is 0.827. The number of piperidine rings is 1. The Morgan fingerprint density at radius 3 is 3.05 bits per heavy atom. The molecule has 0 saturated carbocycles.